The van der Waals surface area contributed by atoms with Crippen molar-refractivity contribution in [2.45, 2.75) is 45.1 Å². The number of nitrogens with one attached hydrogen (secondary N) is 1. The third kappa shape index (κ3) is 2.73. The Morgan fingerprint density at radius 1 is 1.27 bits per heavy atom. The average Bonchev–Trinajstić information content (AvgIpc) is 2.62. The second-order valence-electron chi connectivity index (χ2n) is 5.56. The summed E-state index contributed by atoms with van der Waals surface area (Å²) < 4.78 is 0. The van der Waals surface area contributed by atoms with Crippen LogP contribution < -0.4 is 5.32 Å². The zero-order valence-corrected chi connectivity index (χ0v) is 10.3. The average molecular weight is 210 g/mol. The van der Waals surface area contributed by atoms with Crippen LogP contribution in [0.5, 0.6) is 0 Å². The van der Waals surface area contributed by atoms with Gasteiger partial charge in [-0.25, -0.2) is 0 Å². The zero-order valence-electron chi connectivity index (χ0n) is 10.3. The number of hydrogen-bond donors (Lipinski definition) is 1. The molecule has 0 amide bonds. The van der Waals surface area contributed by atoms with Crippen molar-refractivity contribution in [2.75, 3.05) is 26.7 Å². The first kappa shape index (κ1) is 11.4. The first-order chi connectivity index (χ1) is 7.31. The largest absolute Gasteiger partial charge is 0.319 e. The number of hydrogen-bond acceptors (Lipinski definition) is 2. The molecular weight excluding hydrogens is 184 g/mol. The first-order valence-electron chi connectivity index (χ1n) is 6.70. The molecule has 15 heavy (non-hydrogen) atoms. The van der Waals surface area contributed by atoms with Crippen LogP contribution in [0, 0.1) is 11.8 Å². The maximum Gasteiger partial charge on any atom is 0.0124 e. The summed E-state index contributed by atoms with van der Waals surface area (Å²) in [4.78, 5) is 2.77. The summed E-state index contributed by atoms with van der Waals surface area (Å²) in [5.41, 5.74) is 0. The van der Waals surface area contributed by atoms with Gasteiger partial charge in [-0.1, -0.05) is 19.8 Å². The molecule has 1 saturated heterocycles. The van der Waals surface area contributed by atoms with Crippen LogP contribution in [-0.2, 0) is 0 Å². The summed E-state index contributed by atoms with van der Waals surface area (Å²) in [6, 6.07) is 0.943. The van der Waals surface area contributed by atoms with Gasteiger partial charge in [0.05, 0.1) is 0 Å². The molecule has 2 aliphatic rings. The Morgan fingerprint density at radius 2 is 2.07 bits per heavy atom. The van der Waals surface area contributed by atoms with Gasteiger partial charge in [0, 0.05) is 12.6 Å². The van der Waals surface area contributed by atoms with Gasteiger partial charge in [-0.05, 0) is 51.2 Å². The Balaban J connectivity index is 1.82. The Kier molecular flexibility index (Phi) is 4.04. The Labute approximate surface area is 94.4 Å². The molecule has 88 valence electrons. The molecule has 1 saturated carbocycles. The fourth-order valence-electron chi connectivity index (χ4n) is 3.54. The Hall–Kier alpha value is -0.0800. The van der Waals surface area contributed by atoms with E-state index in [0.29, 0.717) is 0 Å². The van der Waals surface area contributed by atoms with Crippen molar-refractivity contribution in [1.29, 1.82) is 0 Å². The molecule has 2 heteroatoms. The Morgan fingerprint density at radius 3 is 2.87 bits per heavy atom. The highest BCUT2D eigenvalue weighted by atomic mass is 15.2. The molecular formula is C13H26N2. The number of likely N-dealkylation sites (tertiary alicyclic amines) is 1. The summed E-state index contributed by atoms with van der Waals surface area (Å²) in [5, 5.41) is 3.29. The number of nitrogens with zero attached hydrogens (tertiary/aromatic N) is 1. The quantitative estimate of drug-likeness (QED) is 0.764. The second-order valence-corrected chi connectivity index (χ2v) is 5.56. The van der Waals surface area contributed by atoms with Gasteiger partial charge in [0.1, 0.15) is 0 Å². The van der Waals surface area contributed by atoms with Crippen molar-refractivity contribution in [2.24, 2.45) is 11.8 Å². The molecule has 2 fully saturated rings. The minimum Gasteiger partial charge on any atom is -0.319 e. The molecule has 2 rings (SSSR count). The van der Waals surface area contributed by atoms with E-state index in [1.54, 1.807) is 0 Å². The van der Waals surface area contributed by atoms with E-state index in [0.717, 1.165) is 24.4 Å². The highest BCUT2D eigenvalue weighted by molar-refractivity contribution is 4.90. The molecule has 1 N–H and O–H groups in total. The van der Waals surface area contributed by atoms with Gasteiger partial charge in [0.2, 0.25) is 0 Å². The molecule has 1 aliphatic carbocycles. The van der Waals surface area contributed by atoms with E-state index >= 15 is 0 Å². The summed E-state index contributed by atoms with van der Waals surface area (Å²) in [6.45, 7) is 6.20. The van der Waals surface area contributed by atoms with Crippen LogP contribution >= 0.6 is 0 Å². The minimum absolute atomic E-state index is 0.802. The van der Waals surface area contributed by atoms with Gasteiger partial charge >= 0.3 is 0 Å². The third-order valence-electron chi connectivity index (χ3n) is 4.22. The number of rotatable bonds is 4. The molecule has 0 radical (unpaired) electrons. The molecule has 2 nitrogen and oxygen atoms in total. The van der Waals surface area contributed by atoms with E-state index in [2.05, 4.69) is 24.2 Å². The number of fused-ring (bicyclic) bond motifs is 1. The van der Waals surface area contributed by atoms with E-state index in [-0.39, 0.29) is 0 Å². The van der Waals surface area contributed by atoms with Gasteiger partial charge < -0.3 is 5.32 Å². The SMILES string of the molecule is CNCC(C)CN1CCC2CCCCC21. The monoisotopic (exact) mass is 210 g/mol. The molecule has 0 spiro atoms. The molecule has 3 unspecified atom stereocenters. The predicted octanol–water partition coefficient (Wildman–Crippen LogP) is 2.11. The van der Waals surface area contributed by atoms with Crippen molar-refractivity contribution >= 4 is 0 Å². The van der Waals surface area contributed by atoms with Crippen molar-refractivity contribution in [3.05, 3.63) is 0 Å². The van der Waals surface area contributed by atoms with Crippen molar-refractivity contribution in [3.63, 3.8) is 0 Å². The second kappa shape index (κ2) is 5.31. The van der Waals surface area contributed by atoms with Crippen LogP contribution in [0.1, 0.15) is 39.0 Å². The minimum atomic E-state index is 0.802. The summed E-state index contributed by atoms with van der Waals surface area (Å²) in [6.07, 6.45) is 7.40. The Bertz CT molecular complexity index is 193. The summed E-state index contributed by atoms with van der Waals surface area (Å²) in [7, 11) is 2.06. The molecule has 1 heterocycles. The molecule has 3 atom stereocenters. The highest BCUT2D eigenvalue weighted by Crippen LogP contribution is 2.36. The van der Waals surface area contributed by atoms with Gasteiger partial charge in [-0.2, -0.15) is 0 Å². The van der Waals surface area contributed by atoms with Crippen LogP contribution in [0.4, 0.5) is 0 Å². The van der Waals surface area contributed by atoms with E-state index in [1.807, 2.05) is 0 Å². The van der Waals surface area contributed by atoms with Crippen LogP contribution in [0.2, 0.25) is 0 Å². The predicted molar refractivity (Wildman–Crippen MR) is 65.0 cm³/mol. The van der Waals surface area contributed by atoms with E-state index in [9.17, 15) is 0 Å². The normalized spacial score (nSPS) is 34.0. The standard InChI is InChI=1S/C13H26N2/c1-11(9-14-2)10-15-8-7-12-5-3-4-6-13(12)15/h11-14H,3-10H2,1-2H3. The highest BCUT2D eigenvalue weighted by Gasteiger charge is 2.35. The fraction of sp³-hybridized carbons (Fsp3) is 1.00. The van der Waals surface area contributed by atoms with E-state index in [1.165, 1.54) is 45.2 Å². The summed E-state index contributed by atoms with van der Waals surface area (Å²) in [5.74, 6) is 1.84. The molecule has 0 aromatic rings. The van der Waals surface area contributed by atoms with Crippen molar-refractivity contribution in [3.8, 4) is 0 Å². The van der Waals surface area contributed by atoms with Crippen molar-refractivity contribution < 1.29 is 0 Å². The van der Waals surface area contributed by atoms with Gasteiger partial charge in [0.25, 0.3) is 0 Å². The van der Waals surface area contributed by atoms with Crippen molar-refractivity contribution in [1.82, 2.24) is 10.2 Å². The lowest BCUT2D eigenvalue weighted by Crippen LogP contribution is -2.39. The van der Waals surface area contributed by atoms with Gasteiger partial charge in [-0.15, -0.1) is 0 Å². The van der Waals surface area contributed by atoms with E-state index < -0.39 is 0 Å². The lowest BCUT2D eigenvalue weighted by Gasteiger charge is -2.33. The summed E-state index contributed by atoms with van der Waals surface area (Å²) >= 11 is 0. The topological polar surface area (TPSA) is 15.3 Å². The maximum atomic E-state index is 3.29. The maximum absolute atomic E-state index is 3.29. The molecule has 0 aromatic heterocycles. The molecule has 0 aromatic carbocycles. The molecule has 0 bridgehead atoms. The lowest BCUT2D eigenvalue weighted by atomic mass is 9.85. The lowest BCUT2D eigenvalue weighted by molar-refractivity contribution is 0.163. The van der Waals surface area contributed by atoms with Crippen LogP contribution in [0.25, 0.3) is 0 Å². The molecule has 1 aliphatic heterocycles. The van der Waals surface area contributed by atoms with Crippen LogP contribution in [0.15, 0.2) is 0 Å². The first-order valence-corrected chi connectivity index (χ1v) is 6.70. The van der Waals surface area contributed by atoms with Gasteiger partial charge in [0.15, 0.2) is 0 Å². The van der Waals surface area contributed by atoms with Crippen LogP contribution in [-0.4, -0.2) is 37.6 Å². The van der Waals surface area contributed by atoms with Gasteiger partial charge in [-0.3, -0.25) is 4.90 Å². The van der Waals surface area contributed by atoms with E-state index in [4.69, 9.17) is 0 Å². The third-order valence-corrected chi connectivity index (χ3v) is 4.22. The zero-order chi connectivity index (χ0) is 10.7. The smallest absolute Gasteiger partial charge is 0.0124 e. The van der Waals surface area contributed by atoms with Crippen LogP contribution in [0.3, 0.4) is 0 Å². The fourth-order valence-corrected chi connectivity index (χ4v) is 3.54.